The van der Waals surface area contributed by atoms with Crippen LogP contribution in [0.2, 0.25) is 0 Å². The monoisotopic (exact) mass is 260 g/mol. The molecule has 1 heterocycles. The fourth-order valence-electron chi connectivity index (χ4n) is 3.06. The van der Waals surface area contributed by atoms with Gasteiger partial charge in [0.2, 0.25) is 0 Å². The first-order valence-electron chi connectivity index (χ1n) is 5.81. The van der Waals surface area contributed by atoms with Crippen LogP contribution in [0.15, 0.2) is 39.1 Å². The van der Waals surface area contributed by atoms with E-state index in [0.29, 0.717) is 17.9 Å². The minimum atomic E-state index is 0.399. The quantitative estimate of drug-likeness (QED) is 0.484. The number of hydrogen-bond donors (Lipinski definition) is 3. The van der Waals surface area contributed by atoms with Gasteiger partial charge in [0.25, 0.3) is 0 Å². The second kappa shape index (κ2) is 3.33. The zero-order valence-corrected chi connectivity index (χ0v) is 10.9. The van der Waals surface area contributed by atoms with Crippen molar-refractivity contribution in [2.24, 2.45) is 16.8 Å². The van der Waals surface area contributed by atoms with Gasteiger partial charge in [-0.25, -0.2) is 0 Å². The lowest BCUT2D eigenvalue weighted by Gasteiger charge is -2.28. The molecule has 1 saturated carbocycles. The van der Waals surface area contributed by atoms with Gasteiger partial charge in [0.05, 0.1) is 17.4 Å². The Labute approximate surface area is 111 Å². The summed E-state index contributed by atoms with van der Waals surface area (Å²) >= 11 is 8.80. The van der Waals surface area contributed by atoms with Crippen LogP contribution < -0.4 is 5.32 Å². The van der Waals surface area contributed by atoms with Crippen LogP contribution in [0.4, 0.5) is 11.4 Å². The molecule has 1 aliphatic heterocycles. The summed E-state index contributed by atoms with van der Waals surface area (Å²) in [6.07, 6.45) is 5.83. The van der Waals surface area contributed by atoms with Crippen LogP contribution in [-0.2, 0) is 0 Å². The van der Waals surface area contributed by atoms with Crippen molar-refractivity contribution in [2.75, 3.05) is 5.32 Å². The van der Waals surface area contributed by atoms with Crippen molar-refractivity contribution in [1.82, 2.24) is 0 Å². The third-order valence-corrected chi connectivity index (χ3v) is 4.81. The smallest absolute Gasteiger partial charge is 0.0873 e. The molecule has 2 nitrogen and oxygen atoms in total. The number of thiol groups is 2. The van der Waals surface area contributed by atoms with Gasteiger partial charge in [-0.3, -0.25) is 4.99 Å². The number of benzene rings is 1. The normalized spacial score (nSPS) is 31.9. The fraction of sp³-hybridized carbons (Fsp3) is 0.308. The molecular formula is C13H12N2S2. The molecule has 1 aromatic rings. The van der Waals surface area contributed by atoms with Crippen LogP contribution in [0.1, 0.15) is 6.42 Å². The number of aliphatic imine (C=N–C) groups is 1. The molecule has 3 aliphatic rings. The van der Waals surface area contributed by atoms with E-state index in [1.807, 2.05) is 12.1 Å². The van der Waals surface area contributed by atoms with E-state index in [2.05, 4.69) is 42.7 Å². The first kappa shape index (κ1) is 10.1. The van der Waals surface area contributed by atoms with Gasteiger partial charge in [-0.2, -0.15) is 0 Å². The Morgan fingerprint density at radius 1 is 1.18 bits per heavy atom. The minimum Gasteiger partial charge on any atom is -0.375 e. The SMILES string of the molecule is Sc1cc2c(cc1S)NC1C(=N2)C2C=CC1C2. The highest BCUT2D eigenvalue weighted by molar-refractivity contribution is 7.83. The van der Waals surface area contributed by atoms with Gasteiger partial charge in [0.15, 0.2) is 0 Å². The molecule has 4 heteroatoms. The Morgan fingerprint density at radius 2 is 2.00 bits per heavy atom. The Kier molecular flexibility index (Phi) is 1.97. The molecule has 0 spiro atoms. The summed E-state index contributed by atoms with van der Waals surface area (Å²) in [5.74, 6) is 1.16. The van der Waals surface area contributed by atoms with E-state index in [4.69, 9.17) is 4.99 Å². The average Bonchev–Trinajstić information content (AvgIpc) is 2.89. The Bertz CT molecular complexity index is 577. The molecule has 0 aromatic heterocycles. The van der Waals surface area contributed by atoms with E-state index >= 15 is 0 Å². The number of nitrogens with zero attached hydrogens (tertiary/aromatic N) is 1. The van der Waals surface area contributed by atoms with Crippen LogP contribution in [-0.4, -0.2) is 11.8 Å². The Hall–Kier alpha value is -0.870. The zero-order valence-electron chi connectivity index (χ0n) is 9.09. The molecule has 3 unspecified atom stereocenters. The van der Waals surface area contributed by atoms with Crippen LogP contribution in [0.3, 0.4) is 0 Å². The minimum absolute atomic E-state index is 0.399. The lowest BCUT2D eigenvalue weighted by atomic mass is 9.97. The number of anilines is 1. The standard InChI is InChI=1S/C13H12N2S2/c16-10-4-8-9(5-11(10)17)15-13-7-2-1-6(3-7)12(13)14-8/h1-2,4-7,12,14,16-17H,3H2. The van der Waals surface area contributed by atoms with Crippen molar-refractivity contribution in [2.45, 2.75) is 22.3 Å². The third-order valence-electron chi connectivity index (χ3n) is 3.90. The van der Waals surface area contributed by atoms with E-state index in [0.717, 1.165) is 21.2 Å². The van der Waals surface area contributed by atoms with E-state index in [9.17, 15) is 0 Å². The lowest BCUT2D eigenvalue weighted by molar-refractivity contribution is 0.651. The molecule has 1 aromatic carbocycles. The van der Waals surface area contributed by atoms with Gasteiger partial charge >= 0.3 is 0 Å². The summed E-state index contributed by atoms with van der Waals surface area (Å²) in [7, 11) is 0. The molecule has 2 bridgehead atoms. The maximum Gasteiger partial charge on any atom is 0.0873 e. The lowest BCUT2D eigenvalue weighted by Crippen LogP contribution is -2.35. The van der Waals surface area contributed by atoms with Crippen molar-refractivity contribution in [3.05, 3.63) is 24.3 Å². The largest absolute Gasteiger partial charge is 0.375 e. The molecule has 86 valence electrons. The fourth-order valence-corrected chi connectivity index (χ4v) is 3.44. The van der Waals surface area contributed by atoms with Gasteiger partial charge < -0.3 is 5.32 Å². The number of allylic oxidation sites excluding steroid dienone is 1. The molecule has 0 radical (unpaired) electrons. The molecule has 4 rings (SSSR count). The predicted molar refractivity (Wildman–Crippen MR) is 76.2 cm³/mol. The highest BCUT2D eigenvalue weighted by Crippen LogP contribution is 2.45. The average molecular weight is 260 g/mol. The first-order valence-corrected chi connectivity index (χ1v) is 6.71. The molecule has 0 amide bonds. The number of nitrogens with one attached hydrogen (secondary N) is 1. The maximum atomic E-state index is 4.81. The molecule has 3 atom stereocenters. The Balaban J connectivity index is 1.87. The van der Waals surface area contributed by atoms with Crippen LogP contribution in [0.25, 0.3) is 0 Å². The Morgan fingerprint density at radius 3 is 2.88 bits per heavy atom. The van der Waals surface area contributed by atoms with Crippen LogP contribution in [0.5, 0.6) is 0 Å². The van der Waals surface area contributed by atoms with E-state index in [-0.39, 0.29) is 0 Å². The van der Waals surface area contributed by atoms with E-state index < -0.39 is 0 Å². The zero-order chi connectivity index (χ0) is 11.6. The topological polar surface area (TPSA) is 24.4 Å². The van der Waals surface area contributed by atoms with Crippen LogP contribution in [0, 0.1) is 11.8 Å². The van der Waals surface area contributed by atoms with Crippen molar-refractivity contribution in [1.29, 1.82) is 0 Å². The summed E-state index contributed by atoms with van der Waals surface area (Å²) in [5.41, 5.74) is 3.38. The van der Waals surface area contributed by atoms with Gasteiger partial charge in [0, 0.05) is 27.3 Å². The van der Waals surface area contributed by atoms with Crippen molar-refractivity contribution in [3.63, 3.8) is 0 Å². The number of fused-ring (bicyclic) bond motifs is 6. The first-order chi connectivity index (χ1) is 8.22. The summed E-state index contributed by atoms with van der Waals surface area (Å²) < 4.78 is 0. The molecule has 2 aliphatic carbocycles. The van der Waals surface area contributed by atoms with Crippen molar-refractivity contribution in [3.8, 4) is 0 Å². The summed E-state index contributed by atoms with van der Waals surface area (Å²) in [6, 6.07) is 4.42. The second-order valence-electron chi connectivity index (χ2n) is 4.91. The van der Waals surface area contributed by atoms with Gasteiger partial charge in [-0.1, -0.05) is 12.2 Å². The predicted octanol–water partition coefficient (Wildman–Crippen LogP) is 3.34. The van der Waals surface area contributed by atoms with Crippen molar-refractivity contribution < 1.29 is 0 Å². The molecule has 0 saturated heterocycles. The molecule has 1 fully saturated rings. The van der Waals surface area contributed by atoms with Crippen molar-refractivity contribution >= 4 is 42.3 Å². The van der Waals surface area contributed by atoms with E-state index in [1.165, 1.54) is 12.1 Å². The summed E-state index contributed by atoms with van der Waals surface area (Å²) in [5, 5.41) is 3.59. The maximum absolute atomic E-state index is 4.81. The second-order valence-corrected chi connectivity index (χ2v) is 5.87. The van der Waals surface area contributed by atoms with Gasteiger partial charge in [-0.15, -0.1) is 25.3 Å². The third kappa shape index (κ3) is 1.34. The molecular weight excluding hydrogens is 248 g/mol. The summed E-state index contributed by atoms with van der Waals surface area (Å²) in [4.78, 5) is 6.60. The number of hydrogen-bond acceptors (Lipinski definition) is 4. The summed E-state index contributed by atoms with van der Waals surface area (Å²) in [6.45, 7) is 0. The molecule has 1 N–H and O–H groups in total. The van der Waals surface area contributed by atoms with E-state index in [1.54, 1.807) is 0 Å². The van der Waals surface area contributed by atoms with Gasteiger partial charge in [-0.05, 0) is 18.6 Å². The van der Waals surface area contributed by atoms with Gasteiger partial charge in [0.1, 0.15) is 0 Å². The highest BCUT2D eigenvalue weighted by atomic mass is 32.1. The van der Waals surface area contributed by atoms with Crippen LogP contribution >= 0.6 is 25.3 Å². The highest BCUT2D eigenvalue weighted by Gasteiger charge is 2.43. The number of rotatable bonds is 0. The molecule has 17 heavy (non-hydrogen) atoms.